The maximum Gasteiger partial charge on any atom is 0.228 e. The van der Waals surface area contributed by atoms with Crippen molar-refractivity contribution >= 4 is 28.6 Å². The average molecular weight is 280 g/mol. The molecule has 0 radical (unpaired) electrons. The maximum absolute atomic E-state index is 11.9. The number of carbonyl (C=O) groups is 2. The highest BCUT2D eigenvalue weighted by Crippen LogP contribution is 2.26. The molecule has 1 aliphatic rings. The van der Waals surface area contributed by atoms with Crippen LogP contribution in [0.15, 0.2) is 18.3 Å². The van der Waals surface area contributed by atoms with Crippen LogP contribution in [0.1, 0.15) is 18.9 Å². The molecule has 1 aliphatic heterocycles. The van der Waals surface area contributed by atoms with Crippen molar-refractivity contribution in [3.05, 3.63) is 23.9 Å². The summed E-state index contributed by atoms with van der Waals surface area (Å²) in [5, 5.41) is 9.03. The molecule has 2 heterocycles. The van der Waals surface area contributed by atoms with Crippen LogP contribution < -0.4 is 4.90 Å². The second-order valence-corrected chi connectivity index (χ2v) is 5.76. The fraction of sp³-hybridized carbons (Fsp3) is 0.462. The van der Waals surface area contributed by atoms with E-state index in [4.69, 9.17) is 5.11 Å². The number of aromatic nitrogens is 1. The minimum atomic E-state index is -0.0564. The summed E-state index contributed by atoms with van der Waals surface area (Å²) in [6.45, 7) is 2.08. The van der Waals surface area contributed by atoms with Gasteiger partial charge in [0.25, 0.3) is 0 Å². The molecule has 1 aromatic heterocycles. The van der Waals surface area contributed by atoms with Gasteiger partial charge < -0.3 is 5.11 Å². The fourth-order valence-electron chi connectivity index (χ4n) is 2.02. The molecule has 102 valence electrons. The van der Waals surface area contributed by atoms with Crippen LogP contribution in [0, 0.1) is 5.92 Å². The Hall–Kier alpha value is -1.40. The minimum absolute atomic E-state index is 0.0402. The number of anilines is 1. The summed E-state index contributed by atoms with van der Waals surface area (Å²) < 4.78 is 0. The van der Waals surface area contributed by atoms with E-state index in [9.17, 15) is 9.59 Å². The van der Waals surface area contributed by atoms with Crippen LogP contribution in [0.5, 0.6) is 0 Å². The van der Waals surface area contributed by atoms with Crippen LogP contribution in [-0.2, 0) is 16.2 Å². The first kappa shape index (κ1) is 14.0. The van der Waals surface area contributed by atoms with Gasteiger partial charge in [0.15, 0.2) is 5.12 Å². The molecule has 19 heavy (non-hydrogen) atoms. The Morgan fingerprint density at radius 3 is 2.95 bits per heavy atom. The topological polar surface area (TPSA) is 70.5 Å². The van der Waals surface area contributed by atoms with Crippen molar-refractivity contribution in [3.8, 4) is 0 Å². The summed E-state index contributed by atoms with van der Waals surface area (Å²) in [6.07, 6.45) is 2.03. The van der Waals surface area contributed by atoms with Gasteiger partial charge in [-0.1, -0.05) is 17.8 Å². The van der Waals surface area contributed by atoms with Crippen molar-refractivity contribution in [2.45, 2.75) is 20.0 Å². The number of pyridine rings is 1. The number of amides is 1. The monoisotopic (exact) mass is 280 g/mol. The van der Waals surface area contributed by atoms with E-state index in [1.165, 1.54) is 18.7 Å². The number of rotatable bonds is 4. The van der Waals surface area contributed by atoms with Crippen LogP contribution in [-0.4, -0.2) is 33.4 Å². The van der Waals surface area contributed by atoms with E-state index in [1.54, 1.807) is 23.2 Å². The number of aliphatic hydroxyl groups is 1. The lowest BCUT2D eigenvalue weighted by atomic mass is 10.1. The smallest absolute Gasteiger partial charge is 0.228 e. The predicted octanol–water partition coefficient (Wildman–Crippen LogP) is 1.21. The van der Waals surface area contributed by atoms with E-state index in [0.717, 1.165) is 5.56 Å². The Bertz CT molecular complexity index is 475. The fourth-order valence-corrected chi connectivity index (χ4v) is 2.71. The lowest BCUT2D eigenvalue weighted by Gasteiger charge is -2.15. The molecule has 5 nitrogen and oxygen atoms in total. The Morgan fingerprint density at radius 2 is 2.37 bits per heavy atom. The number of hydrogen-bond donors (Lipinski definition) is 1. The average Bonchev–Trinajstić information content (AvgIpc) is 2.78. The van der Waals surface area contributed by atoms with Crippen LogP contribution in [0.2, 0.25) is 0 Å². The Morgan fingerprint density at radius 1 is 1.58 bits per heavy atom. The molecule has 0 aliphatic carbocycles. The van der Waals surface area contributed by atoms with E-state index in [-0.39, 0.29) is 23.5 Å². The number of nitrogens with zero attached hydrogens (tertiary/aromatic N) is 2. The summed E-state index contributed by atoms with van der Waals surface area (Å²) in [6, 6.07) is 3.50. The van der Waals surface area contributed by atoms with Crippen LogP contribution in [0.3, 0.4) is 0 Å². The van der Waals surface area contributed by atoms with Crippen LogP contribution in [0.25, 0.3) is 0 Å². The minimum Gasteiger partial charge on any atom is -0.392 e. The molecule has 6 heteroatoms. The zero-order valence-corrected chi connectivity index (χ0v) is 11.5. The number of thioether (sulfide) groups is 1. The first-order chi connectivity index (χ1) is 9.10. The third-order valence-corrected chi connectivity index (χ3v) is 4.04. The zero-order chi connectivity index (χ0) is 13.8. The van der Waals surface area contributed by atoms with Gasteiger partial charge in [-0.3, -0.25) is 14.5 Å². The Balaban J connectivity index is 2.00. The number of hydrogen-bond acceptors (Lipinski definition) is 5. The lowest BCUT2D eigenvalue weighted by Crippen LogP contribution is -2.25. The molecule has 1 atom stereocenters. The molecule has 1 aromatic rings. The molecular weight excluding hydrogens is 264 g/mol. The molecule has 0 spiro atoms. The quantitative estimate of drug-likeness (QED) is 0.897. The van der Waals surface area contributed by atoms with Gasteiger partial charge in [0.1, 0.15) is 5.82 Å². The van der Waals surface area contributed by atoms with Gasteiger partial charge in [0, 0.05) is 31.8 Å². The van der Waals surface area contributed by atoms with Crippen LogP contribution in [0.4, 0.5) is 5.82 Å². The predicted molar refractivity (Wildman–Crippen MR) is 73.8 cm³/mol. The summed E-state index contributed by atoms with van der Waals surface area (Å²) in [5.74, 6) is 1.52. The number of carbonyl (C=O) groups excluding carboxylic acids is 2. The highest BCUT2D eigenvalue weighted by molar-refractivity contribution is 8.13. The van der Waals surface area contributed by atoms with Crippen molar-refractivity contribution in [3.63, 3.8) is 0 Å². The lowest BCUT2D eigenvalue weighted by molar-refractivity contribution is -0.117. The van der Waals surface area contributed by atoms with Crippen molar-refractivity contribution in [1.82, 2.24) is 4.98 Å². The van der Waals surface area contributed by atoms with Gasteiger partial charge in [-0.05, 0) is 17.5 Å². The normalized spacial score (nSPS) is 18.9. The summed E-state index contributed by atoms with van der Waals surface area (Å²) >= 11 is 1.26. The van der Waals surface area contributed by atoms with Crippen molar-refractivity contribution in [1.29, 1.82) is 0 Å². The maximum atomic E-state index is 11.9. The van der Waals surface area contributed by atoms with E-state index in [0.29, 0.717) is 24.5 Å². The second-order valence-electron chi connectivity index (χ2n) is 4.56. The van der Waals surface area contributed by atoms with Gasteiger partial charge in [-0.15, -0.1) is 0 Å². The van der Waals surface area contributed by atoms with Crippen molar-refractivity contribution in [2.24, 2.45) is 5.92 Å². The first-order valence-electron chi connectivity index (χ1n) is 6.09. The Kier molecular flexibility index (Phi) is 4.55. The SMILES string of the molecule is CC(=O)SCC1CC(=O)N(c2ccc(CO)cn2)C1. The van der Waals surface area contributed by atoms with Crippen LogP contribution >= 0.6 is 11.8 Å². The van der Waals surface area contributed by atoms with E-state index < -0.39 is 0 Å². The van der Waals surface area contributed by atoms with Gasteiger partial charge in [0.2, 0.25) is 5.91 Å². The molecule has 1 fully saturated rings. The molecule has 1 saturated heterocycles. The van der Waals surface area contributed by atoms with Crippen molar-refractivity contribution in [2.75, 3.05) is 17.2 Å². The number of aliphatic hydroxyl groups excluding tert-OH is 1. The summed E-state index contributed by atoms with van der Waals surface area (Å²) in [5.41, 5.74) is 0.721. The van der Waals surface area contributed by atoms with E-state index in [1.807, 2.05) is 0 Å². The first-order valence-corrected chi connectivity index (χ1v) is 7.08. The molecular formula is C13H16N2O3S. The largest absolute Gasteiger partial charge is 0.392 e. The van der Waals surface area contributed by atoms with Gasteiger partial charge >= 0.3 is 0 Å². The molecule has 1 N–H and O–H groups in total. The van der Waals surface area contributed by atoms with E-state index >= 15 is 0 Å². The van der Waals surface area contributed by atoms with Crippen molar-refractivity contribution < 1.29 is 14.7 Å². The molecule has 0 saturated carbocycles. The second kappa shape index (κ2) is 6.16. The molecule has 0 bridgehead atoms. The van der Waals surface area contributed by atoms with Gasteiger partial charge in [-0.25, -0.2) is 4.98 Å². The standard InChI is InChI=1S/C13H16N2O3S/c1-9(17)19-8-11-4-13(18)15(6-11)12-3-2-10(7-16)5-14-12/h2-3,5,11,16H,4,6-8H2,1H3. The molecule has 0 aromatic carbocycles. The third-order valence-electron chi connectivity index (χ3n) is 3.00. The van der Waals surface area contributed by atoms with Gasteiger partial charge in [-0.2, -0.15) is 0 Å². The third kappa shape index (κ3) is 3.54. The Labute approximate surface area is 116 Å². The highest BCUT2D eigenvalue weighted by Gasteiger charge is 2.31. The van der Waals surface area contributed by atoms with E-state index in [2.05, 4.69) is 4.98 Å². The summed E-state index contributed by atoms with van der Waals surface area (Å²) in [7, 11) is 0. The van der Waals surface area contributed by atoms with Gasteiger partial charge in [0.05, 0.1) is 6.61 Å². The molecule has 1 unspecified atom stereocenters. The highest BCUT2D eigenvalue weighted by atomic mass is 32.2. The zero-order valence-electron chi connectivity index (χ0n) is 10.7. The molecule has 1 amide bonds. The summed E-state index contributed by atoms with van der Waals surface area (Å²) in [4.78, 5) is 28.7. The molecule has 2 rings (SSSR count).